The van der Waals surface area contributed by atoms with Gasteiger partial charge in [-0.25, -0.2) is 0 Å². The Kier molecular flexibility index (Phi) is 5.82. The number of ether oxygens (including phenoxy) is 1. The van der Waals surface area contributed by atoms with Gasteiger partial charge >= 0.3 is 0 Å². The standard InChI is InChI=1S/C18H20BrN3O4/c1-25-14-4-2-3-13(11-14)21-7-9-22(10-8-21)17(23)12-20-18(24)15-5-6-16(19)26-15/h2-6,11H,7-10,12H2,1H3,(H,20,24). The highest BCUT2D eigenvalue weighted by molar-refractivity contribution is 9.10. The molecule has 0 aliphatic carbocycles. The van der Waals surface area contributed by atoms with Crippen molar-refractivity contribution in [1.82, 2.24) is 10.2 Å². The molecule has 26 heavy (non-hydrogen) atoms. The lowest BCUT2D eigenvalue weighted by molar-refractivity contribution is -0.130. The largest absolute Gasteiger partial charge is 0.497 e. The number of hydrogen-bond acceptors (Lipinski definition) is 5. The van der Waals surface area contributed by atoms with E-state index in [0.29, 0.717) is 17.8 Å². The number of carbonyl (C=O) groups excluding carboxylic acids is 2. The Morgan fingerprint density at radius 3 is 2.62 bits per heavy atom. The zero-order valence-electron chi connectivity index (χ0n) is 14.4. The van der Waals surface area contributed by atoms with Gasteiger partial charge in [-0.15, -0.1) is 0 Å². The molecule has 1 aliphatic rings. The molecule has 0 spiro atoms. The van der Waals surface area contributed by atoms with Gasteiger partial charge in [-0.1, -0.05) is 6.07 Å². The van der Waals surface area contributed by atoms with Crippen LogP contribution in [0.25, 0.3) is 0 Å². The first kappa shape index (κ1) is 18.3. The van der Waals surface area contributed by atoms with Crippen LogP contribution >= 0.6 is 15.9 Å². The maximum absolute atomic E-state index is 12.3. The number of rotatable bonds is 5. The van der Waals surface area contributed by atoms with Gasteiger partial charge in [-0.3, -0.25) is 9.59 Å². The van der Waals surface area contributed by atoms with Crippen LogP contribution in [0.15, 0.2) is 45.5 Å². The Bertz CT molecular complexity index is 784. The van der Waals surface area contributed by atoms with Crippen LogP contribution in [0, 0.1) is 0 Å². The van der Waals surface area contributed by atoms with Gasteiger partial charge < -0.3 is 24.3 Å². The van der Waals surface area contributed by atoms with E-state index in [1.165, 1.54) is 0 Å². The summed E-state index contributed by atoms with van der Waals surface area (Å²) >= 11 is 3.14. The first-order valence-corrected chi connectivity index (χ1v) is 9.06. The minimum absolute atomic E-state index is 0.0453. The lowest BCUT2D eigenvalue weighted by atomic mass is 10.2. The number of amides is 2. The van der Waals surface area contributed by atoms with E-state index < -0.39 is 5.91 Å². The van der Waals surface area contributed by atoms with E-state index in [0.717, 1.165) is 24.5 Å². The molecule has 1 aromatic carbocycles. The highest BCUT2D eigenvalue weighted by atomic mass is 79.9. The molecule has 3 rings (SSSR count). The third kappa shape index (κ3) is 4.37. The number of benzene rings is 1. The average molecular weight is 422 g/mol. The van der Waals surface area contributed by atoms with Crippen molar-refractivity contribution in [2.24, 2.45) is 0 Å². The highest BCUT2D eigenvalue weighted by Crippen LogP contribution is 2.22. The van der Waals surface area contributed by atoms with Crippen LogP contribution in [0.1, 0.15) is 10.6 Å². The van der Waals surface area contributed by atoms with Crippen LogP contribution in [-0.4, -0.2) is 56.5 Å². The van der Waals surface area contributed by atoms with E-state index in [-0.39, 0.29) is 18.2 Å². The van der Waals surface area contributed by atoms with E-state index in [9.17, 15) is 9.59 Å². The minimum Gasteiger partial charge on any atom is -0.497 e. The number of methoxy groups -OCH3 is 1. The second-order valence-corrected chi connectivity index (χ2v) is 6.64. The van der Waals surface area contributed by atoms with Gasteiger partial charge in [0.1, 0.15) is 5.75 Å². The normalized spacial score (nSPS) is 14.2. The molecule has 2 amide bonds. The Labute approximate surface area is 160 Å². The molecule has 0 atom stereocenters. The van der Waals surface area contributed by atoms with Crippen LogP contribution in [0.3, 0.4) is 0 Å². The third-order valence-electron chi connectivity index (χ3n) is 4.25. The van der Waals surface area contributed by atoms with Gasteiger partial charge in [0.05, 0.1) is 13.7 Å². The monoisotopic (exact) mass is 421 g/mol. The van der Waals surface area contributed by atoms with E-state index >= 15 is 0 Å². The summed E-state index contributed by atoms with van der Waals surface area (Å²) in [7, 11) is 1.64. The number of piperazine rings is 1. The molecule has 1 N–H and O–H groups in total. The zero-order valence-corrected chi connectivity index (χ0v) is 16.0. The Hall–Kier alpha value is -2.48. The van der Waals surface area contributed by atoms with Crippen LogP contribution in [0.2, 0.25) is 0 Å². The predicted octanol–water partition coefficient (Wildman–Crippen LogP) is 2.13. The molecule has 7 nitrogen and oxygen atoms in total. The maximum Gasteiger partial charge on any atom is 0.287 e. The molecule has 2 heterocycles. The summed E-state index contributed by atoms with van der Waals surface area (Å²) in [6.07, 6.45) is 0. The third-order valence-corrected chi connectivity index (χ3v) is 4.67. The van der Waals surface area contributed by atoms with Gasteiger partial charge in [-0.05, 0) is 40.2 Å². The molecule has 2 aromatic rings. The summed E-state index contributed by atoms with van der Waals surface area (Å²) in [5.74, 6) is 0.481. The molecular weight excluding hydrogens is 402 g/mol. The van der Waals surface area contributed by atoms with Gasteiger partial charge in [0.2, 0.25) is 5.91 Å². The molecule has 1 aliphatic heterocycles. The van der Waals surface area contributed by atoms with Crippen molar-refractivity contribution < 1.29 is 18.7 Å². The first-order chi connectivity index (χ1) is 12.6. The predicted molar refractivity (Wildman–Crippen MR) is 101 cm³/mol. The van der Waals surface area contributed by atoms with Crippen molar-refractivity contribution >= 4 is 33.4 Å². The summed E-state index contributed by atoms with van der Waals surface area (Å²) in [5, 5.41) is 2.59. The summed E-state index contributed by atoms with van der Waals surface area (Å²) in [6.45, 7) is 2.64. The SMILES string of the molecule is COc1cccc(N2CCN(C(=O)CNC(=O)c3ccc(Br)o3)CC2)c1. The van der Waals surface area contributed by atoms with Gasteiger partial charge in [0.25, 0.3) is 5.91 Å². The second-order valence-electron chi connectivity index (χ2n) is 5.86. The number of carbonyl (C=O) groups is 2. The Morgan fingerprint density at radius 1 is 1.19 bits per heavy atom. The van der Waals surface area contributed by atoms with Crippen molar-refractivity contribution in [3.05, 3.63) is 46.8 Å². The van der Waals surface area contributed by atoms with E-state index in [4.69, 9.17) is 9.15 Å². The topological polar surface area (TPSA) is 75.0 Å². The van der Waals surface area contributed by atoms with E-state index in [1.54, 1.807) is 24.1 Å². The van der Waals surface area contributed by atoms with Crippen molar-refractivity contribution in [3.8, 4) is 5.75 Å². The molecule has 138 valence electrons. The average Bonchev–Trinajstić information content (AvgIpc) is 3.12. The molecule has 1 fully saturated rings. The van der Waals surface area contributed by atoms with E-state index in [2.05, 4.69) is 26.1 Å². The van der Waals surface area contributed by atoms with Crippen molar-refractivity contribution in [1.29, 1.82) is 0 Å². The van der Waals surface area contributed by atoms with Crippen LogP contribution < -0.4 is 15.0 Å². The number of halogens is 1. The Morgan fingerprint density at radius 2 is 1.96 bits per heavy atom. The van der Waals surface area contributed by atoms with Crippen molar-refractivity contribution in [3.63, 3.8) is 0 Å². The molecule has 1 aromatic heterocycles. The van der Waals surface area contributed by atoms with Crippen LogP contribution in [0.5, 0.6) is 5.75 Å². The summed E-state index contributed by atoms with van der Waals surface area (Å²) in [5.41, 5.74) is 1.08. The number of nitrogens with one attached hydrogen (secondary N) is 1. The zero-order chi connectivity index (χ0) is 18.5. The van der Waals surface area contributed by atoms with Gasteiger partial charge in [0, 0.05) is 37.9 Å². The number of furan rings is 1. The quantitative estimate of drug-likeness (QED) is 0.799. The molecule has 8 heteroatoms. The van der Waals surface area contributed by atoms with E-state index in [1.807, 2.05) is 24.3 Å². The second kappa shape index (κ2) is 8.27. The lowest BCUT2D eigenvalue weighted by Gasteiger charge is -2.36. The van der Waals surface area contributed by atoms with Crippen LogP contribution in [-0.2, 0) is 4.79 Å². The summed E-state index contributed by atoms with van der Waals surface area (Å²) in [6, 6.07) is 11.1. The van der Waals surface area contributed by atoms with Crippen LogP contribution in [0.4, 0.5) is 5.69 Å². The Balaban J connectivity index is 1.48. The molecule has 0 unspecified atom stereocenters. The fourth-order valence-electron chi connectivity index (χ4n) is 2.81. The fraction of sp³-hybridized carbons (Fsp3) is 0.333. The molecule has 0 saturated carbocycles. The molecular formula is C18H20BrN3O4. The van der Waals surface area contributed by atoms with Gasteiger partial charge in [-0.2, -0.15) is 0 Å². The number of anilines is 1. The van der Waals surface area contributed by atoms with Crippen molar-refractivity contribution in [2.75, 3.05) is 44.7 Å². The van der Waals surface area contributed by atoms with Gasteiger partial charge in [0.15, 0.2) is 10.4 Å². The first-order valence-electron chi connectivity index (χ1n) is 8.27. The number of nitrogens with zero attached hydrogens (tertiary/aromatic N) is 2. The smallest absolute Gasteiger partial charge is 0.287 e. The summed E-state index contributed by atoms with van der Waals surface area (Å²) < 4.78 is 10.9. The highest BCUT2D eigenvalue weighted by Gasteiger charge is 2.22. The van der Waals surface area contributed by atoms with Crippen molar-refractivity contribution in [2.45, 2.75) is 0 Å². The number of hydrogen-bond donors (Lipinski definition) is 1. The summed E-state index contributed by atoms with van der Waals surface area (Å²) in [4.78, 5) is 28.2. The maximum atomic E-state index is 12.3. The fourth-order valence-corrected chi connectivity index (χ4v) is 3.12. The molecule has 0 bridgehead atoms. The lowest BCUT2D eigenvalue weighted by Crippen LogP contribution is -2.51. The molecule has 1 saturated heterocycles. The minimum atomic E-state index is -0.404. The molecule has 0 radical (unpaired) electrons.